The summed E-state index contributed by atoms with van der Waals surface area (Å²) in [7, 11) is 0. The minimum Gasteiger partial charge on any atom is -0.491 e. The molecule has 1 aromatic carbocycles. The summed E-state index contributed by atoms with van der Waals surface area (Å²) in [6.07, 6.45) is 6.79. The number of hydrogen-bond acceptors (Lipinski definition) is 4. The molecule has 1 aromatic rings. The van der Waals surface area contributed by atoms with Crippen LogP contribution in [0.5, 0.6) is 5.75 Å². The number of rotatable bonds is 9. The number of halogens is 1. The molecule has 0 radical (unpaired) electrons. The average molecular weight is 388 g/mol. The fraction of sp³-hybridized carbons (Fsp3) is 0.714. The van der Waals surface area contributed by atoms with Crippen molar-refractivity contribution in [3.05, 3.63) is 29.6 Å². The van der Waals surface area contributed by atoms with Crippen molar-refractivity contribution in [1.82, 2.24) is 4.72 Å². The summed E-state index contributed by atoms with van der Waals surface area (Å²) in [6.45, 7) is 12.4. The van der Waals surface area contributed by atoms with Crippen LogP contribution in [0.1, 0.15) is 65.4 Å². The number of hydrogen-bond donors (Lipinski definition) is 1. The first-order valence-electron chi connectivity index (χ1n) is 10.1. The maximum atomic E-state index is 13.1. The van der Waals surface area contributed by atoms with Crippen LogP contribution in [0.15, 0.2) is 18.2 Å². The predicted octanol–water partition coefficient (Wildman–Crippen LogP) is 6.15. The van der Waals surface area contributed by atoms with E-state index in [1.165, 1.54) is 44.2 Å². The Balaban J connectivity index is 0.00000146. The molecule has 1 aliphatic carbocycles. The molecule has 1 aliphatic rings. The Morgan fingerprint density at radius 3 is 2.42 bits per heavy atom. The first kappa shape index (κ1) is 25.2. The number of aryl methyl sites for hydroxylation is 1. The fourth-order valence-electron chi connectivity index (χ4n) is 2.52. The molecule has 0 amide bonds. The Bertz CT molecular complexity index is 440. The third-order valence-corrected chi connectivity index (χ3v) is 4.96. The van der Waals surface area contributed by atoms with E-state index in [9.17, 15) is 4.39 Å². The minimum absolute atomic E-state index is 0.273. The second-order valence-electron chi connectivity index (χ2n) is 5.64. The summed E-state index contributed by atoms with van der Waals surface area (Å²) in [6, 6.07) is 4.57. The molecule has 2 rings (SSSR count). The van der Waals surface area contributed by atoms with Gasteiger partial charge in [-0.3, -0.25) is 4.72 Å². The Hall–Kier alpha value is -0.780. The molecule has 152 valence electrons. The highest BCUT2D eigenvalue weighted by Gasteiger charge is 2.13. The van der Waals surface area contributed by atoms with Gasteiger partial charge in [0.15, 0.2) is 0 Å². The van der Waals surface area contributed by atoms with E-state index in [-0.39, 0.29) is 5.82 Å². The van der Waals surface area contributed by atoms with Crippen molar-refractivity contribution in [3.63, 3.8) is 0 Å². The molecule has 26 heavy (non-hydrogen) atoms. The van der Waals surface area contributed by atoms with Gasteiger partial charge in [0, 0.05) is 17.9 Å². The van der Waals surface area contributed by atoms with Crippen LogP contribution in [0.25, 0.3) is 0 Å². The van der Waals surface area contributed by atoms with Crippen molar-refractivity contribution in [2.24, 2.45) is 0 Å². The Kier molecular flexibility index (Phi) is 17.1. The van der Waals surface area contributed by atoms with Crippen LogP contribution < -0.4 is 9.46 Å². The minimum atomic E-state index is -0.273. The summed E-state index contributed by atoms with van der Waals surface area (Å²) >= 11 is 1.86. The molecule has 0 heterocycles. The van der Waals surface area contributed by atoms with Crippen molar-refractivity contribution in [2.45, 2.75) is 72.0 Å². The average Bonchev–Trinajstić information content (AvgIpc) is 2.70. The maximum Gasteiger partial charge on any atom is 0.126 e. The lowest BCUT2D eigenvalue weighted by atomic mass is 10.0. The molecular weight excluding hydrogens is 349 g/mol. The van der Waals surface area contributed by atoms with Crippen LogP contribution in [0.2, 0.25) is 0 Å². The van der Waals surface area contributed by atoms with E-state index in [2.05, 4.69) is 4.72 Å². The van der Waals surface area contributed by atoms with E-state index in [0.717, 1.165) is 17.4 Å². The third kappa shape index (κ3) is 11.8. The fourth-order valence-corrected chi connectivity index (χ4v) is 3.52. The third-order valence-electron chi connectivity index (χ3n) is 3.79. The Labute approximate surface area is 164 Å². The summed E-state index contributed by atoms with van der Waals surface area (Å²) in [5.41, 5.74) is 0.937. The van der Waals surface area contributed by atoms with E-state index < -0.39 is 0 Å². The highest BCUT2D eigenvalue weighted by atomic mass is 32.2. The van der Waals surface area contributed by atoms with Crippen LogP contribution in [0, 0.1) is 12.7 Å². The van der Waals surface area contributed by atoms with Crippen molar-refractivity contribution in [2.75, 3.05) is 26.4 Å². The van der Waals surface area contributed by atoms with Crippen LogP contribution in [0.3, 0.4) is 0 Å². The molecular formula is C21H38FNO2S. The van der Waals surface area contributed by atoms with Gasteiger partial charge in [0.1, 0.15) is 18.2 Å². The molecule has 5 heteroatoms. The molecule has 1 N–H and O–H groups in total. The number of ether oxygens (including phenoxy) is 2. The molecule has 0 aromatic heterocycles. The standard InChI is InChI=1S/C17H26FNO2S.2C2H6/c1-14-7-8-15(18)13-17(14)21-12-11-20-10-9-19-22-16-5-3-2-4-6-16;2*1-2/h7-8,13,16,19H,2-6,9-12H2,1H3;2*1-2H3. The van der Waals surface area contributed by atoms with Gasteiger partial charge in [-0.25, -0.2) is 4.39 Å². The molecule has 3 nitrogen and oxygen atoms in total. The van der Waals surface area contributed by atoms with Crippen LogP contribution in [-0.4, -0.2) is 31.6 Å². The van der Waals surface area contributed by atoms with Crippen LogP contribution in [0.4, 0.5) is 4.39 Å². The first-order chi connectivity index (χ1) is 12.8. The van der Waals surface area contributed by atoms with Gasteiger partial charge >= 0.3 is 0 Å². The van der Waals surface area contributed by atoms with E-state index >= 15 is 0 Å². The van der Waals surface area contributed by atoms with Crippen molar-refractivity contribution in [1.29, 1.82) is 0 Å². The second kappa shape index (κ2) is 17.6. The zero-order valence-corrected chi connectivity index (χ0v) is 18.1. The normalized spacial score (nSPS) is 13.9. The topological polar surface area (TPSA) is 30.5 Å². The molecule has 1 saturated carbocycles. The van der Waals surface area contributed by atoms with Crippen LogP contribution in [-0.2, 0) is 4.74 Å². The van der Waals surface area contributed by atoms with Gasteiger partial charge < -0.3 is 9.47 Å². The largest absolute Gasteiger partial charge is 0.491 e. The Morgan fingerprint density at radius 1 is 1.04 bits per heavy atom. The van der Waals surface area contributed by atoms with Gasteiger partial charge in [0.2, 0.25) is 0 Å². The summed E-state index contributed by atoms with van der Waals surface area (Å²) in [4.78, 5) is 0. The van der Waals surface area contributed by atoms with E-state index in [1.54, 1.807) is 6.07 Å². The van der Waals surface area contributed by atoms with Gasteiger partial charge in [-0.2, -0.15) is 0 Å². The van der Waals surface area contributed by atoms with Gasteiger partial charge in [-0.15, -0.1) is 0 Å². The van der Waals surface area contributed by atoms with Gasteiger partial charge in [0.25, 0.3) is 0 Å². The Morgan fingerprint density at radius 2 is 1.73 bits per heavy atom. The zero-order chi connectivity index (χ0) is 19.6. The molecule has 0 aliphatic heterocycles. The molecule has 0 unspecified atom stereocenters. The number of nitrogens with one attached hydrogen (secondary N) is 1. The van der Waals surface area contributed by atoms with Gasteiger partial charge in [0.05, 0.1) is 13.2 Å². The summed E-state index contributed by atoms with van der Waals surface area (Å²) in [5.74, 6) is 0.319. The highest BCUT2D eigenvalue weighted by Crippen LogP contribution is 2.26. The lowest BCUT2D eigenvalue weighted by Gasteiger charge is -2.20. The molecule has 0 bridgehead atoms. The molecule has 0 spiro atoms. The van der Waals surface area contributed by atoms with Crippen molar-refractivity contribution < 1.29 is 13.9 Å². The summed E-state index contributed by atoms with van der Waals surface area (Å²) in [5, 5.41) is 0.771. The molecule has 0 saturated heterocycles. The maximum absolute atomic E-state index is 13.1. The predicted molar refractivity (Wildman–Crippen MR) is 113 cm³/mol. The highest BCUT2D eigenvalue weighted by molar-refractivity contribution is 7.98. The van der Waals surface area contributed by atoms with Gasteiger partial charge in [-0.1, -0.05) is 65.0 Å². The lowest BCUT2D eigenvalue weighted by Crippen LogP contribution is -2.20. The van der Waals surface area contributed by atoms with Crippen molar-refractivity contribution in [3.8, 4) is 5.75 Å². The van der Waals surface area contributed by atoms with E-state index in [1.807, 2.05) is 46.6 Å². The van der Waals surface area contributed by atoms with Crippen LogP contribution >= 0.6 is 11.9 Å². The molecule has 1 fully saturated rings. The first-order valence-corrected chi connectivity index (χ1v) is 11.0. The lowest BCUT2D eigenvalue weighted by molar-refractivity contribution is 0.104. The zero-order valence-electron chi connectivity index (χ0n) is 17.3. The van der Waals surface area contributed by atoms with E-state index in [4.69, 9.17) is 9.47 Å². The van der Waals surface area contributed by atoms with Gasteiger partial charge in [-0.05, 0) is 31.4 Å². The SMILES string of the molecule is CC.CC.Cc1ccc(F)cc1OCCOCCNSC1CCCCC1. The van der Waals surface area contributed by atoms with Crippen molar-refractivity contribution >= 4 is 11.9 Å². The second-order valence-corrected chi connectivity index (χ2v) is 6.83. The summed E-state index contributed by atoms with van der Waals surface area (Å²) < 4.78 is 27.5. The molecule has 0 atom stereocenters. The van der Waals surface area contributed by atoms with E-state index in [0.29, 0.717) is 25.6 Å². The quantitative estimate of drug-likeness (QED) is 0.406. The number of benzene rings is 1. The monoisotopic (exact) mass is 387 g/mol. The smallest absolute Gasteiger partial charge is 0.126 e.